The second-order valence-electron chi connectivity index (χ2n) is 5.74. The van der Waals surface area contributed by atoms with Crippen LogP contribution in [0, 0.1) is 11.6 Å². The van der Waals surface area contributed by atoms with E-state index in [2.05, 4.69) is 20.4 Å². The van der Waals surface area contributed by atoms with Crippen LogP contribution in [0.5, 0.6) is 0 Å². The Morgan fingerprint density at radius 2 is 2.00 bits per heavy atom. The largest absolute Gasteiger partial charge is 0.379 e. The van der Waals surface area contributed by atoms with Crippen LogP contribution in [-0.4, -0.2) is 19.7 Å². The summed E-state index contributed by atoms with van der Waals surface area (Å²) in [7, 11) is 1.88. The van der Waals surface area contributed by atoms with Gasteiger partial charge in [0.2, 0.25) is 0 Å². The minimum absolute atomic E-state index is 0.112. The molecule has 0 fully saturated rings. The first-order valence-electron chi connectivity index (χ1n) is 7.76. The number of hydrogen-bond donors (Lipinski definition) is 2. The normalized spacial score (nSPS) is 11.2. The highest BCUT2D eigenvalue weighted by Crippen LogP contribution is 2.25. The summed E-state index contributed by atoms with van der Waals surface area (Å²) in [5.74, 6) is -0.721. The highest BCUT2D eigenvalue weighted by molar-refractivity contribution is 5.82. The van der Waals surface area contributed by atoms with Gasteiger partial charge < -0.3 is 10.3 Å². The van der Waals surface area contributed by atoms with Crippen molar-refractivity contribution < 1.29 is 8.78 Å². The van der Waals surface area contributed by atoms with Crippen molar-refractivity contribution in [3.63, 3.8) is 0 Å². The molecule has 7 heteroatoms. The molecule has 2 heterocycles. The molecule has 4 rings (SSSR count). The number of benzene rings is 2. The number of fused-ring (bicyclic) bond motifs is 1. The molecule has 0 bridgehead atoms. The van der Waals surface area contributed by atoms with E-state index >= 15 is 0 Å². The van der Waals surface area contributed by atoms with Gasteiger partial charge in [-0.25, -0.2) is 13.8 Å². The zero-order chi connectivity index (χ0) is 17.4. The number of H-pyrrole nitrogens is 1. The lowest BCUT2D eigenvalue weighted by atomic mass is 10.2. The van der Waals surface area contributed by atoms with Gasteiger partial charge in [0.15, 0.2) is 0 Å². The number of imidazole rings is 1. The molecule has 0 saturated heterocycles. The lowest BCUT2D eigenvalue weighted by Gasteiger charge is -2.06. The molecule has 2 aromatic heterocycles. The summed E-state index contributed by atoms with van der Waals surface area (Å²) in [5, 5.41) is 7.43. The van der Waals surface area contributed by atoms with E-state index in [1.54, 1.807) is 10.9 Å². The van der Waals surface area contributed by atoms with Crippen molar-refractivity contribution in [1.29, 1.82) is 0 Å². The molecule has 0 unspecified atom stereocenters. The zero-order valence-electron chi connectivity index (χ0n) is 13.4. The number of rotatable bonds is 4. The smallest absolute Gasteiger partial charge is 0.141 e. The molecule has 5 nitrogen and oxygen atoms in total. The van der Waals surface area contributed by atoms with Gasteiger partial charge in [-0.3, -0.25) is 4.68 Å². The Hall–Kier alpha value is -3.22. The molecule has 0 radical (unpaired) electrons. The van der Waals surface area contributed by atoms with Crippen LogP contribution >= 0.6 is 0 Å². The van der Waals surface area contributed by atoms with E-state index in [0.29, 0.717) is 17.9 Å². The van der Waals surface area contributed by atoms with Gasteiger partial charge in [-0.15, -0.1) is 0 Å². The average molecular weight is 339 g/mol. The summed E-state index contributed by atoms with van der Waals surface area (Å²) in [5.41, 5.74) is 3.48. The van der Waals surface area contributed by atoms with Gasteiger partial charge in [0.25, 0.3) is 0 Å². The maximum absolute atomic E-state index is 13.9. The molecule has 2 aromatic carbocycles. The molecule has 0 aliphatic heterocycles. The summed E-state index contributed by atoms with van der Waals surface area (Å²) in [6, 6.07) is 10.9. The number of hydrogen-bond acceptors (Lipinski definition) is 3. The van der Waals surface area contributed by atoms with E-state index in [0.717, 1.165) is 35.1 Å². The standard InChI is InChI=1S/C18H15F2N5/c1-25-13(6-7-22-25)10-21-12-3-5-16-17(9-12)24-18(23-16)14-8-11(19)2-4-15(14)20/h2-9,21H,10H2,1H3,(H,23,24). The second-order valence-corrected chi connectivity index (χ2v) is 5.74. The molecule has 25 heavy (non-hydrogen) atoms. The minimum Gasteiger partial charge on any atom is -0.379 e. The monoisotopic (exact) mass is 339 g/mol. The number of nitrogens with one attached hydrogen (secondary N) is 2. The fraction of sp³-hybridized carbons (Fsp3) is 0.111. The van der Waals surface area contributed by atoms with Crippen molar-refractivity contribution in [1.82, 2.24) is 19.7 Å². The molecule has 0 spiro atoms. The van der Waals surface area contributed by atoms with Crippen LogP contribution in [0.2, 0.25) is 0 Å². The lowest BCUT2D eigenvalue weighted by molar-refractivity contribution is 0.602. The highest BCUT2D eigenvalue weighted by atomic mass is 19.1. The van der Waals surface area contributed by atoms with Crippen LogP contribution in [0.3, 0.4) is 0 Å². The van der Waals surface area contributed by atoms with Crippen LogP contribution in [0.1, 0.15) is 5.69 Å². The Labute approximate surface area is 142 Å². The molecular formula is C18H15F2N5. The fourth-order valence-corrected chi connectivity index (χ4v) is 2.69. The topological polar surface area (TPSA) is 58.5 Å². The number of aromatic amines is 1. The van der Waals surface area contributed by atoms with Gasteiger partial charge in [0.05, 0.1) is 28.8 Å². The van der Waals surface area contributed by atoms with Gasteiger partial charge in [0, 0.05) is 18.9 Å². The van der Waals surface area contributed by atoms with Gasteiger partial charge in [0.1, 0.15) is 17.5 Å². The van der Waals surface area contributed by atoms with Crippen LogP contribution < -0.4 is 5.32 Å². The number of nitrogens with zero attached hydrogens (tertiary/aromatic N) is 3. The Bertz CT molecular complexity index is 1050. The van der Waals surface area contributed by atoms with Crippen molar-refractivity contribution in [2.45, 2.75) is 6.54 Å². The predicted octanol–water partition coefficient (Wildman–Crippen LogP) is 3.85. The number of halogens is 2. The summed E-state index contributed by atoms with van der Waals surface area (Å²) >= 11 is 0. The Kier molecular flexibility index (Phi) is 3.68. The first kappa shape index (κ1) is 15.3. The quantitative estimate of drug-likeness (QED) is 0.594. The van der Waals surface area contributed by atoms with Crippen molar-refractivity contribution in [3.05, 3.63) is 66.0 Å². The maximum Gasteiger partial charge on any atom is 0.141 e. The first-order valence-corrected chi connectivity index (χ1v) is 7.76. The number of anilines is 1. The summed E-state index contributed by atoms with van der Waals surface area (Å²) < 4.78 is 29.1. The fourth-order valence-electron chi connectivity index (χ4n) is 2.69. The Balaban J connectivity index is 1.63. The Morgan fingerprint density at radius 3 is 2.80 bits per heavy atom. The molecule has 0 atom stereocenters. The van der Waals surface area contributed by atoms with Gasteiger partial charge in [-0.2, -0.15) is 5.10 Å². The van der Waals surface area contributed by atoms with E-state index < -0.39 is 11.6 Å². The van der Waals surface area contributed by atoms with Gasteiger partial charge >= 0.3 is 0 Å². The minimum atomic E-state index is -0.519. The van der Waals surface area contributed by atoms with Crippen LogP contribution in [0.25, 0.3) is 22.4 Å². The molecule has 0 amide bonds. The van der Waals surface area contributed by atoms with E-state index in [9.17, 15) is 8.78 Å². The van der Waals surface area contributed by atoms with Crippen molar-refractivity contribution in [2.24, 2.45) is 7.05 Å². The molecular weight excluding hydrogens is 324 g/mol. The van der Waals surface area contributed by atoms with Crippen molar-refractivity contribution in [2.75, 3.05) is 5.32 Å². The summed E-state index contributed by atoms with van der Waals surface area (Å²) in [4.78, 5) is 7.40. The maximum atomic E-state index is 13.9. The van der Waals surface area contributed by atoms with E-state index in [-0.39, 0.29) is 5.56 Å². The number of aryl methyl sites for hydroxylation is 1. The molecule has 0 aliphatic rings. The second kappa shape index (κ2) is 6.01. The van der Waals surface area contributed by atoms with Crippen LogP contribution in [0.15, 0.2) is 48.7 Å². The SMILES string of the molecule is Cn1nccc1CNc1ccc2nc(-c3cc(F)ccc3F)[nH]c2c1. The third-order valence-corrected chi connectivity index (χ3v) is 4.06. The average Bonchev–Trinajstić information content (AvgIpc) is 3.20. The Morgan fingerprint density at radius 1 is 1.12 bits per heavy atom. The van der Waals surface area contributed by atoms with Crippen LogP contribution in [0.4, 0.5) is 14.5 Å². The molecule has 0 saturated carbocycles. The highest BCUT2D eigenvalue weighted by Gasteiger charge is 2.11. The summed E-state index contributed by atoms with van der Waals surface area (Å²) in [6.07, 6.45) is 1.74. The van der Waals surface area contributed by atoms with Gasteiger partial charge in [-0.05, 0) is 42.5 Å². The van der Waals surface area contributed by atoms with Crippen molar-refractivity contribution in [3.8, 4) is 11.4 Å². The molecule has 2 N–H and O–H groups in total. The third-order valence-electron chi connectivity index (χ3n) is 4.06. The van der Waals surface area contributed by atoms with Crippen LogP contribution in [-0.2, 0) is 13.6 Å². The zero-order valence-corrected chi connectivity index (χ0v) is 13.4. The number of aromatic nitrogens is 4. The third kappa shape index (κ3) is 2.96. The molecule has 0 aliphatic carbocycles. The predicted molar refractivity (Wildman–Crippen MR) is 92.0 cm³/mol. The van der Waals surface area contributed by atoms with E-state index in [4.69, 9.17) is 0 Å². The lowest BCUT2D eigenvalue weighted by Crippen LogP contribution is -2.05. The summed E-state index contributed by atoms with van der Waals surface area (Å²) in [6.45, 7) is 0.627. The molecule has 4 aromatic rings. The van der Waals surface area contributed by atoms with Gasteiger partial charge in [-0.1, -0.05) is 0 Å². The first-order chi connectivity index (χ1) is 12.1. The molecule has 126 valence electrons. The van der Waals surface area contributed by atoms with E-state index in [1.807, 2.05) is 31.3 Å². The van der Waals surface area contributed by atoms with Crippen molar-refractivity contribution >= 4 is 16.7 Å². The van der Waals surface area contributed by atoms with E-state index in [1.165, 1.54) is 0 Å².